The average molecular weight is 457 g/mol. The fourth-order valence-electron chi connectivity index (χ4n) is 5.20. The number of fused-ring (bicyclic) bond motifs is 7. The average Bonchev–Trinajstić information content (AvgIpc) is 2.85. The number of carbonyl (C=O) groups excluding carboxylic acids is 1. The Labute approximate surface area is 202 Å². The van der Waals surface area contributed by atoms with Gasteiger partial charge in [-0.25, -0.2) is 0 Å². The van der Waals surface area contributed by atoms with Crippen molar-refractivity contribution in [3.8, 4) is 11.1 Å². The number of H-pyrrole nitrogens is 1. The van der Waals surface area contributed by atoms with E-state index >= 15 is 0 Å². The highest BCUT2D eigenvalue weighted by Gasteiger charge is 2.33. The topological polar surface area (TPSA) is 62.0 Å². The number of hydrogen-bond donors (Lipinski definition) is 2. The largest absolute Gasteiger partial charge is 0.326 e. The van der Waals surface area contributed by atoms with Gasteiger partial charge in [-0.15, -0.1) is 0 Å². The van der Waals surface area contributed by atoms with E-state index in [9.17, 15) is 9.59 Å². The van der Waals surface area contributed by atoms with Gasteiger partial charge in [0.15, 0.2) is 0 Å². The lowest BCUT2D eigenvalue weighted by molar-refractivity contribution is 0.0956. The molecule has 4 heteroatoms. The minimum atomic E-state index is -0.110. The Morgan fingerprint density at radius 3 is 2.00 bits per heavy atom. The molecule has 5 rings (SSSR count). The SMILES string of the molecule is C=C1NC(=O)c2ccc3c(c2C1C)C(C)C(C)=c1c-3ccc2c(=O)[nH]c(=C)c(C)c12.CC.CC. The van der Waals surface area contributed by atoms with E-state index in [1.165, 1.54) is 11.1 Å². The van der Waals surface area contributed by atoms with Crippen LogP contribution in [0.1, 0.15) is 87.4 Å². The molecule has 4 nitrogen and oxygen atoms in total. The van der Waals surface area contributed by atoms with E-state index in [2.05, 4.69) is 50.3 Å². The van der Waals surface area contributed by atoms with Gasteiger partial charge < -0.3 is 10.3 Å². The van der Waals surface area contributed by atoms with Crippen LogP contribution in [0.5, 0.6) is 0 Å². The molecule has 0 radical (unpaired) electrons. The van der Waals surface area contributed by atoms with Crippen LogP contribution in [0.15, 0.2) is 41.3 Å². The highest BCUT2D eigenvalue weighted by atomic mass is 16.1. The van der Waals surface area contributed by atoms with Crippen molar-refractivity contribution >= 4 is 28.8 Å². The van der Waals surface area contributed by atoms with Crippen LogP contribution >= 0.6 is 0 Å². The number of rotatable bonds is 0. The van der Waals surface area contributed by atoms with Crippen LogP contribution in [0.4, 0.5) is 0 Å². The lowest BCUT2D eigenvalue weighted by atomic mass is 9.72. The molecule has 0 saturated heterocycles. The Morgan fingerprint density at radius 1 is 0.794 bits per heavy atom. The molecule has 2 atom stereocenters. The van der Waals surface area contributed by atoms with Crippen molar-refractivity contribution in [2.24, 2.45) is 0 Å². The van der Waals surface area contributed by atoms with Gasteiger partial charge >= 0.3 is 0 Å². The van der Waals surface area contributed by atoms with Gasteiger partial charge in [0.05, 0.1) is 0 Å². The van der Waals surface area contributed by atoms with Gasteiger partial charge in [-0.1, -0.05) is 72.4 Å². The third-order valence-corrected chi connectivity index (χ3v) is 7.07. The summed E-state index contributed by atoms with van der Waals surface area (Å²) in [7, 11) is 0. The van der Waals surface area contributed by atoms with Crippen molar-refractivity contribution in [3.63, 3.8) is 0 Å². The number of pyridine rings is 1. The van der Waals surface area contributed by atoms with Crippen LogP contribution in [-0.4, -0.2) is 10.9 Å². The molecule has 0 fully saturated rings. The maximum absolute atomic E-state index is 12.6. The van der Waals surface area contributed by atoms with Crippen LogP contribution in [0, 0.1) is 6.92 Å². The Hall–Kier alpha value is -3.40. The first-order chi connectivity index (χ1) is 16.2. The molecular weight excluding hydrogens is 420 g/mol. The quantitative estimate of drug-likeness (QED) is 0.462. The van der Waals surface area contributed by atoms with Gasteiger partial charge in [-0.05, 0) is 64.4 Å². The van der Waals surface area contributed by atoms with Gasteiger partial charge in [0, 0.05) is 33.8 Å². The summed E-state index contributed by atoms with van der Waals surface area (Å²) in [6.45, 7) is 24.5. The number of benzene rings is 2. The van der Waals surface area contributed by atoms with Gasteiger partial charge in [0.25, 0.3) is 11.5 Å². The van der Waals surface area contributed by atoms with E-state index in [-0.39, 0.29) is 23.3 Å². The Bertz CT molecular complexity index is 1490. The summed E-state index contributed by atoms with van der Waals surface area (Å²) in [5.41, 5.74) is 8.04. The predicted octanol–water partition coefficient (Wildman–Crippen LogP) is 5.61. The number of hydrogen-bond acceptors (Lipinski definition) is 2. The molecule has 178 valence electrons. The Balaban J connectivity index is 0.000000771. The van der Waals surface area contributed by atoms with E-state index in [1.54, 1.807) is 0 Å². The van der Waals surface area contributed by atoms with Crippen molar-refractivity contribution in [3.05, 3.63) is 79.7 Å². The third kappa shape index (κ3) is 3.53. The van der Waals surface area contributed by atoms with Gasteiger partial charge in [-0.2, -0.15) is 0 Å². The molecule has 2 N–H and O–H groups in total. The summed E-state index contributed by atoms with van der Waals surface area (Å²) in [5.74, 6) is 0.0659. The van der Waals surface area contributed by atoms with Gasteiger partial charge in [0.2, 0.25) is 0 Å². The smallest absolute Gasteiger partial charge is 0.256 e. The maximum atomic E-state index is 12.6. The molecule has 1 aliphatic carbocycles. The van der Waals surface area contributed by atoms with Crippen molar-refractivity contribution in [1.29, 1.82) is 0 Å². The predicted molar refractivity (Wildman–Crippen MR) is 145 cm³/mol. The Kier molecular flexibility index (Phi) is 7.02. The summed E-state index contributed by atoms with van der Waals surface area (Å²) < 4.78 is 0. The zero-order chi connectivity index (χ0) is 25.5. The molecule has 1 amide bonds. The second-order valence-corrected chi connectivity index (χ2v) is 8.56. The van der Waals surface area contributed by atoms with Crippen molar-refractivity contribution in [2.45, 2.75) is 67.2 Å². The number of aryl methyl sites for hydroxylation is 1. The maximum Gasteiger partial charge on any atom is 0.256 e. The van der Waals surface area contributed by atoms with Crippen LogP contribution in [-0.2, 0) is 0 Å². The summed E-state index contributed by atoms with van der Waals surface area (Å²) in [5, 5.41) is 6.33. The van der Waals surface area contributed by atoms with E-state index in [4.69, 9.17) is 0 Å². The summed E-state index contributed by atoms with van der Waals surface area (Å²) in [6, 6.07) is 7.92. The molecule has 1 aromatic heterocycles. The number of carbonyl (C=O) groups is 1. The Morgan fingerprint density at radius 2 is 1.35 bits per heavy atom. The molecule has 2 aliphatic rings. The number of aromatic amines is 1. The third-order valence-electron chi connectivity index (χ3n) is 7.07. The van der Waals surface area contributed by atoms with Crippen molar-refractivity contribution < 1.29 is 4.79 Å². The first kappa shape index (κ1) is 25.2. The first-order valence-electron chi connectivity index (χ1n) is 12.2. The minimum Gasteiger partial charge on any atom is -0.326 e. The molecule has 34 heavy (non-hydrogen) atoms. The summed E-state index contributed by atoms with van der Waals surface area (Å²) in [4.78, 5) is 28.1. The first-order valence-corrected chi connectivity index (χ1v) is 12.2. The normalized spacial score (nSPS) is 17.9. The lowest BCUT2D eigenvalue weighted by Gasteiger charge is -2.34. The monoisotopic (exact) mass is 456 g/mol. The van der Waals surface area contributed by atoms with E-state index in [1.807, 2.05) is 52.8 Å². The van der Waals surface area contributed by atoms with Crippen molar-refractivity contribution in [1.82, 2.24) is 10.3 Å². The van der Waals surface area contributed by atoms with Crippen LogP contribution in [0.25, 0.3) is 34.1 Å². The molecule has 1 aliphatic heterocycles. The number of nitrogens with one attached hydrogen (secondary N) is 2. The molecule has 0 bridgehead atoms. The minimum absolute atomic E-state index is 0.0425. The molecule has 2 unspecified atom stereocenters. The molecule has 0 saturated carbocycles. The lowest BCUT2D eigenvalue weighted by Crippen LogP contribution is -2.34. The fourth-order valence-corrected chi connectivity index (χ4v) is 5.20. The molecular formula is C30H36N2O2. The fraction of sp³-hybridized carbons (Fsp3) is 0.333. The van der Waals surface area contributed by atoms with Gasteiger partial charge in [-0.3, -0.25) is 9.59 Å². The van der Waals surface area contributed by atoms with Crippen LogP contribution < -0.4 is 21.4 Å². The zero-order valence-corrected chi connectivity index (χ0v) is 21.7. The second kappa shape index (κ2) is 9.46. The van der Waals surface area contributed by atoms with E-state index in [0.717, 1.165) is 44.1 Å². The number of aromatic nitrogens is 1. The highest BCUT2D eigenvalue weighted by molar-refractivity contribution is 6.02. The summed E-state index contributed by atoms with van der Waals surface area (Å²) in [6.07, 6.45) is 0. The number of allylic oxidation sites excluding steroid dienone is 1. The van der Waals surface area contributed by atoms with Gasteiger partial charge in [0.1, 0.15) is 0 Å². The second-order valence-electron chi connectivity index (χ2n) is 8.56. The molecule has 2 aromatic carbocycles. The summed E-state index contributed by atoms with van der Waals surface area (Å²) >= 11 is 0. The van der Waals surface area contributed by atoms with Crippen LogP contribution in [0.3, 0.4) is 0 Å². The molecule has 3 aromatic rings. The molecule has 0 spiro atoms. The van der Waals surface area contributed by atoms with Crippen LogP contribution in [0.2, 0.25) is 0 Å². The zero-order valence-electron chi connectivity index (χ0n) is 21.7. The number of amides is 1. The van der Waals surface area contributed by atoms with Crippen molar-refractivity contribution in [2.75, 3.05) is 0 Å². The highest BCUT2D eigenvalue weighted by Crippen LogP contribution is 2.45. The molecule has 2 heterocycles. The van der Waals surface area contributed by atoms with E-state index < -0.39 is 0 Å². The van der Waals surface area contributed by atoms with E-state index in [0.29, 0.717) is 10.7 Å². The standard InChI is InChI=1S/C26H24N2O2.2C2H6/c1-11-12(2)22-18(8-10-20-24(22)14(4)16(6)28-26(20)30)17-7-9-19-23(21(11)17)13(3)15(5)27-25(19)29;2*1-2/h7-11,13H,5-6H2,1-4H3,(H,27,29)(H,28,30);2*1-2H3.